The summed E-state index contributed by atoms with van der Waals surface area (Å²) >= 11 is 0. The van der Waals surface area contributed by atoms with Crippen molar-refractivity contribution in [3.8, 4) is 0 Å². The van der Waals surface area contributed by atoms with Gasteiger partial charge in [0.2, 0.25) is 5.91 Å². The molecular formula is C15H28N2O4S. The van der Waals surface area contributed by atoms with E-state index in [2.05, 4.69) is 4.90 Å². The molecular weight excluding hydrogens is 304 g/mol. The third-order valence-corrected chi connectivity index (χ3v) is 6.59. The van der Waals surface area contributed by atoms with Gasteiger partial charge in [-0.2, -0.15) is 0 Å². The lowest BCUT2D eigenvalue weighted by Gasteiger charge is -2.31. The summed E-state index contributed by atoms with van der Waals surface area (Å²) in [4.78, 5) is 16.5. The number of hydrogen-bond donors (Lipinski definition) is 0. The summed E-state index contributed by atoms with van der Waals surface area (Å²) in [7, 11) is 0.598. The molecule has 1 atom stereocenters. The van der Waals surface area contributed by atoms with Crippen molar-refractivity contribution >= 4 is 15.7 Å². The number of likely N-dealkylation sites (N-methyl/N-ethyl adjacent to an activating group) is 1. The molecule has 0 radical (unpaired) electrons. The molecule has 0 aromatic heterocycles. The number of carbonyl (C=O) groups excluding carboxylic acids is 1. The number of ether oxygens (including phenoxy) is 1. The molecule has 0 aromatic carbocycles. The second-order valence-corrected chi connectivity index (χ2v) is 8.72. The second-order valence-electron chi connectivity index (χ2n) is 6.49. The van der Waals surface area contributed by atoms with Gasteiger partial charge in [0.05, 0.1) is 24.7 Å². The first kappa shape index (κ1) is 17.7. The van der Waals surface area contributed by atoms with Crippen LogP contribution in [0.25, 0.3) is 0 Å². The molecule has 2 rings (SSSR count). The van der Waals surface area contributed by atoms with Crippen molar-refractivity contribution in [2.75, 3.05) is 45.4 Å². The highest BCUT2D eigenvalue weighted by molar-refractivity contribution is 7.91. The molecule has 1 saturated heterocycles. The van der Waals surface area contributed by atoms with Crippen LogP contribution in [0.4, 0.5) is 0 Å². The Kier molecular flexibility index (Phi) is 6.23. The van der Waals surface area contributed by atoms with Gasteiger partial charge in [0.15, 0.2) is 9.84 Å². The zero-order valence-electron chi connectivity index (χ0n) is 13.7. The van der Waals surface area contributed by atoms with Gasteiger partial charge < -0.3 is 9.64 Å². The SMILES string of the molecule is COCCN(C(=O)CN(C)C1CCCC1)C1CCS(=O)(=O)C1. The van der Waals surface area contributed by atoms with Gasteiger partial charge in [-0.25, -0.2) is 8.42 Å². The van der Waals surface area contributed by atoms with E-state index in [0.29, 0.717) is 32.2 Å². The fourth-order valence-electron chi connectivity index (χ4n) is 3.50. The van der Waals surface area contributed by atoms with Gasteiger partial charge in [-0.1, -0.05) is 12.8 Å². The Morgan fingerprint density at radius 3 is 2.41 bits per heavy atom. The van der Waals surface area contributed by atoms with E-state index in [4.69, 9.17) is 4.74 Å². The lowest BCUT2D eigenvalue weighted by molar-refractivity contribution is -0.135. The van der Waals surface area contributed by atoms with E-state index in [1.165, 1.54) is 12.8 Å². The second kappa shape index (κ2) is 7.75. The van der Waals surface area contributed by atoms with Gasteiger partial charge >= 0.3 is 0 Å². The monoisotopic (exact) mass is 332 g/mol. The highest BCUT2D eigenvalue weighted by Gasteiger charge is 2.35. The highest BCUT2D eigenvalue weighted by Crippen LogP contribution is 2.23. The molecule has 0 N–H and O–H groups in total. The summed E-state index contributed by atoms with van der Waals surface area (Å²) in [6.45, 7) is 1.27. The molecule has 0 spiro atoms. The minimum Gasteiger partial charge on any atom is -0.383 e. The van der Waals surface area contributed by atoms with Crippen molar-refractivity contribution in [3.05, 3.63) is 0 Å². The third kappa shape index (κ3) is 4.67. The number of methoxy groups -OCH3 is 1. The Morgan fingerprint density at radius 2 is 1.86 bits per heavy atom. The normalized spacial score (nSPS) is 25.0. The summed E-state index contributed by atoms with van der Waals surface area (Å²) in [5, 5.41) is 0. The van der Waals surface area contributed by atoms with Crippen LogP contribution in [-0.4, -0.2) is 81.6 Å². The topological polar surface area (TPSA) is 66.9 Å². The summed E-state index contributed by atoms with van der Waals surface area (Å²) in [6.07, 6.45) is 5.32. The summed E-state index contributed by atoms with van der Waals surface area (Å²) in [5.74, 6) is 0.302. The molecule has 1 aliphatic heterocycles. The molecule has 1 amide bonds. The quantitative estimate of drug-likeness (QED) is 0.680. The zero-order chi connectivity index (χ0) is 16.2. The Balaban J connectivity index is 1.96. The predicted octanol–water partition coefficient (Wildman–Crippen LogP) is 0.523. The zero-order valence-corrected chi connectivity index (χ0v) is 14.5. The van der Waals surface area contributed by atoms with Gasteiger partial charge in [0.25, 0.3) is 0 Å². The smallest absolute Gasteiger partial charge is 0.237 e. The minimum absolute atomic E-state index is 0.0218. The van der Waals surface area contributed by atoms with E-state index in [1.54, 1.807) is 12.0 Å². The van der Waals surface area contributed by atoms with Crippen LogP contribution in [0.5, 0.6) is 0 Å². The fraction of sp³-hybridized carbons (Fsp3) is 0.933. The Hall–Kier alpha value is -0.660. The fourth-order valence-corrected chi connectivity index (χ4v) is 5.23. The standard InChI is InChI=1S/C15H28N2O4S/c1-16(13-5-3-4-6-13)11-15(18)17(8-9-21-2)14-7-10-22(19,20)12-14/h13-14H,3-12H2,1-2H3. The number of amides is 1. The van der Waals surface area contributed by atoms with Gasteiger partial charge in [-0.05, 0) is 26.3 Å². The molecule has 6 nitrogen and oxygen atoms in total. The number of sulfone groups is 1. The van der Waals surface area contributed by atoms with Crippen molar-refractivity contribution < 1.29 is 17.9 Å². The molecule has 7 heteroatoms. The summed E-state index contributed by atoms with van der Waals surface area (Å²) in [5.41, 5.74) is 0. The van der Waals surface area contributed by atoms with Crippen LogP contribution >= 0.6 is 0 Å². The number of hydrogen-bond acceptors (Lipinski definition) is 5. The third-order valence-electron chi connectivity index (χ3n) is 4.84. The molecule has 1 saturated carbocycles. The number of nitrogens with zero attached hydrogens (tertiary/aromatic N) is 2. The lowest BCUT2D eigenvalue weighted by Crippen LogP contribution is -2.48. The van der Waals surface area contributed by atoms with Gasteiger partial charge in [-0.3, -0.25) is 9.69 Å². The Morgan fingerprint density at radius 1 is 1.18 bits per heavy atom. The molecule has 128 valence electrons. The maximum Gasteiger partial charge on any atom is 0.237 e. The Labute approximate surface area is 133 Å². The lowest BCUT2D eigenvalue weighted by atomic mass is 10.2. The van der Waals surface area contributed by atoms with Crippen molar-refractivity contribution in [1.29, 1.82) is 0 Å². The predicted molar refractivity (Wildman–Crippen MR) is 85.5 cm³/mol. The molecule has 0 aromatic rings. The molecule has 22 heavy (non-hydrogen) atoms. The van der Waals surface area contributed by atoms with E-state index in [-0.39, 0.29) is 23.5 Å². The van der Waals surface area contributed by atoms with Crippen molar-refractivity contribution in [1.82, 2.24) is 9.80 Å². The van der Waals surface area contributed by atoms with Gasteiger partial charge in [0, 0.05) is 25.7 Å². The number of rotatable bonds is 7. The number of carbonyl (C=O) groups is 1. The molecule has 2 fully saturated rings. The highest BCUT2D eigenvalue weighted by atomic mass is 32.2. The van der Waals surface area contributed by atoms with E-state index in [1.807, 2.05) is 7.05 Å². The van der Waals surface area contributed by atoms with Crippen molar-refractivity contribution in [2.45, 2.75) is 44.2 Å². The van der Waals surface area contributed by atoms with Crippen molar-refractivity contribution in [3.63, 3.8) is 0 Å². The molecule has 0 bridgehead atoms. The van der Waals surface area contributed by atoms with E-state index < -0.39 is 9.84 Å². The van der Waals surface area contributed by atoms with E-state index in [9.17, 15) is 13.2 Å². The van der Waals surface area contributed by atoms with Crippen LogP contribution in [-0.2, 0) is 19.4 Å². The maximum atomic E-state index is 12.6. The molecule has 1 heterocycles. The first-order valence-corrected chi connectivity index (χ1v) is 9.94. The summed E-state index contributed by atoms with van der Waals surface area (Å²) in [6, 6.07) is 0.296. The summed E-state index contributed by atoms with van der Waals surface area (Å²) < 4.78 is 28.5. The van der Waals surface area contributed by atoms with Crippen molar-refractivity contribution in [2.24, 2.45) is 0 Å². The molecule has 1 aliphatic carbocycles. The average Bonchev–Trinajstić information content (AvgIpc) is 3.09. The van der Waals surface area contributed by atoms with E-state index in [0.717, 1.165) is 12.8 Å². The van der Waals surface area contributed by atoms with Crippen LogP contribution in [0, 0.1) is 0 Å². The van der Waals surface area contributed by atoms with Crippen LogP contribution in [0.2, 0.25) is 0 Å². The maximum absolute atomic E-state index is 12.6. The van der Waals surface area contributed by atoms with Gasteiger partial charge in [-0.15, -0.1) is 0 Å². The van der Waals surface area contributed by atoms with E-state index >= 15 is 0 Å². The molecule has 2 aliphatic rings. The van der Waals surface area contributed by atoms with Crippen LogP contribution in [0.3, 0.4) is 0 Å². The van der Waals surface area contributed by atoms with Crippen LogP contribution in [0.1, 0.15) is 32.1 Å². The first-order chi connectivity index (χ1) is 10.4. The molecule has 1 unspecified atom stereocenters. The van der Waals surface area contributed by atoms with Gasteiger partial charge in [0.1, 0.15) is 0 Å². The van der Waals surface area contributed by atoms with Crippen LogP contribution < -0.4 is 0 Å². The van der Waals surface area contributed by atoms with Crippen LogP contribution in [0.15, 0.2) is 0 Å². The Bertz CT molecular complexity index is 474. The largest absolute Gasteiger partial charge is 0.383 e. The minimum atomic E-state index is -2.99. The average molecular weight is 332 g/mol. The first-order valence-electron chi connectivity index (χ1n) is 8.12.